The molecule has 6 N–H and O–H groups in total. The van der Waals surface area contributed by atoms with Crippen molar-refractivity contribution in [3.8, 4) is 0 Å². The maximum atomic E-state index is 12.3. The van der Waals surface area contributed by atoms with Crippen molar-refractivity contribution in [2.45, 2.75) is 29.6 Å². The summed E-state index contributed by atoms with van der Waals surface area (Å²) in [5.74, 6) is -0.819. The summed E-state index contributed by atoms with van der Waals surface area (Å²) in [6.45, 7) is 1.62. The molecule has 9 nitrogen and oxygen atoms in total. The second-order valence-electron chi connectivity index (χ2n) is 8.78. The molecule has 1 atom stereocenters. The number of aliphatic hydroxyl groups is 1. The molecule has 0 saturated carbocycles. The van der Waals surface area contributed by atoms with Gasteiger partial charge in [0.05, 0.1) is 22.4 Å². The molecule has 2 aromatic carbocycles. The summed E-state index contributed by atoms with van der Waals surface area (Å²) in [6, 6.07) is 16.5. The van der Waals surface area contributed by atoms with Gasteiger partial charge in [-0.25, -0.2) is 13.4 Å². The minimum atomic E-state index is -3.44. The fourth-order valence-electron chi connectivity index (χ4n) is 4.43. The summed E-state index contributed by atoms with van der Waals surface area (Å²) < 4.78 is 24.6. The summed E-state index contributed by atoms with van der Waals surface area (Å²) >= 11 is 0. The number of anilines is 3. The maximum absolute atomic E-state index is 12.3. The van der Waals surface area contributed by atoms with Crippen LogP contribution in [0.25, 0.3) is 0 Å². The number of fused-ring (bicyclic) bond motifs is 1. The van der Waals surface area contributed by atoms with E-state index in [-0.39, 0.29) is 11.0 Å². The van der Waals surface area contributed by atoms with Crippen molar-refractivity contribution >= 4 is 32.7 Å². The van der Waals surface area contributed by atoms with Crippen LogP contribution in [0.2, 0.25) is 0 Å². The number of rotatable bonds is 4. The topological polar surface area (TPSA) is 136 Å². The van der Waals surface area contributed by atoms with Gasteiger partial charge in [0.15, 0.2) is 15.7 Å². The number of aliphatic hydroxyl groups excluding tert-OH is 1. The average Bonchev–Trinajstić information content (AvgIpc) is 3.28. The highest BCUT2D eigenvalue weighted by atomic mass is 32.2. The Morgan fingerprint density at radius 3 is 2.53 bits per heavy atom. The summed E-state index contributed by atoms with van der Waals surface area (Å²) in [5, 5.41) is 16.2. The predicted molar refractivity (Wildman–Crippen MR) is 134 cm³/mol. The van der Waals surface area contributed by atoms with E-state index in [1.165, 1.54) is 6.26 Å². The highest BCUT2D eigenvalue weighted by molar-refractivity contribution is 7.90. The predicted octanol–water partition coefficient (Wildman–Crippen LogP) is 2.43. The first kappa shape index (κ1) is 22.5. The molecule has 178 valence electrons. The van der Waals surface area contributed by atoms with Crippen LogP contribution < -0.4 is 21.3 Å². The van der Waals surface area contributed by atoms with Crippen LogP contribution in [0.15, 0.2) is 70.7 Å². The normalized spacial score (nSPS) is 20.9. The van der Waals surface area contributed by atoms with E-state index in [1.54, 1.807) is 30.5 Å². The number of piperidine rings is 1. The minimum Gasteiger partial charge on any atom is -0.393 e. The van der Waals surface area contributed by atoms with Crippen LogP contribution in [-0.4, -0.2) is 49.8 Å². The Labute approximate surface area is 198 Å². The Morgan fingerprint density at radius 1 is 1.12 bits per heavy atom. The molecular weight excluding hydrogens is 452 g/mol. The van der Waals surface area contributed by atoms with E-state index in [0.29, 0.717) is 17.2 Å². The monoisotopic (exact) mass is 480 g/mol. The minimum absolute atomic E-state index is 0.183. The van der Waals surface area contributed by atoms with Gasteiger partial charge in [0.2, 0.25) is 5.79 Å². The molecule has 3 aromatic rings. The Morgan fingerprint density at radius 2 is 1.82 bits per heavy atom. The van der Waals surface area contributed by atoms with Gasteiger partial charge in [-0.3, -0.25) is 5.73 Å². The van der Waals surface area contributed by atoms with Crippen molar-refractivity contribution in [3.63, 3.8) is 0 Å². The third-order valence-corrected chi connectivity index (χ3v) is 7.43. The highest BCUT2D eigenvalue weighted by Crippen LogP contribution is 2.33. The fraction of sp³-hybridized carbons (Fsp3) is 0.292. The van der Waals surface area contributed by atoms with Crippen LogP contribution in [-0.2, 0) is 15.6 Å². The number of amidine groups is 1. The Bertz CT molecular complexity index is 1330. The molecule has 10 heteroatoms. The standard InChI is InChI=1S/C24H28N6O3S/c1-34(32,33)21-5-3-2-4-19(21)27-23-22-20(10-13-26-22)28-24(25,29-23)16-6-8-17(9-7-16)30-14-11-18(31)12-15-30/h2-10,13,18,26,28,31H,11-12,14-15,25H2,1H3,(H,27,29). The van der Waals surface area contributed by atoms with Gasteiger partial charge in [0, 0.05) is 36.8 Å². The number of benzene rings is 2. The SMILES string of the molecule is CS(=O)(=O)c1ccccc1NC1=NC(N)(c2ccc(N3CCC(O)CC3)cc2)Nc2cc[nH]c21. The second-order valence-corrected chi connectivity index (χ2v) is 10.8. The van der Waals surface area contributed by atoms with E-state index >= 15 is 0 Å². The Hall–Kier alpha value is -3.34. The van der Waals surface area contributed by atoms with Gasteiger partial charge in [0.25, 0.3) is 0 Å². The van der Waals surface area contributed by atoms with E-state index in [1.807, 2.05) is 30.3 Å². The van der Waals surface area contributed by atoms with Crippen LogP contribution in [0, 0.1) is 0 Å². The van der Waals surface area contributed by atoms with Gasteiger partial charge < -0.3 is 25.6 Å². The number of nitrogens with one attached hydrogen (secondary N) is 3. The van der Waals surface area contributed by atoms with Crippen molar-refractivity contribution in [2.24, 2.45) is 10.7 Å². The van der Waals surface area contributed by atoms with Gasteiger partial charge in [-0.1, -0.05) is 24.3 Å². The second kappa shape index (κ2) is 8.46. The number of hydrogen-bond acceptors (Lipinski definition) is 8. The number of nitrogens with two attached hydrogens (primary N) is 1. The van der Waals surface area contributed by atoms with Crippen LogP contribution in [0.4, 0.5) is 17.1 Å². The summed E-state index contributed by atoms with van der Waals surface area (Å²) in [4.78, 5) is 10.3. The van der Waals surface area contributed by atoms with Crippen LogP contribution >= 0.6 is 0 Å². The molecule has 0 bridgehead atoms. The van der Waals surface area contributed by atoms with Crippen LogP contribution in [0.1, 0.15) is 24.1 Å². The molecule has 2 aliphatic heterocycles. The third-order valence-electron chi connectivity index (χ3n) is 6.27. The van der Waals surface area contributed by atoms with Gasteiger partial charge in [-0.05, 0) is 43.2 Å². The summed E-state index contributed by atoms with van der Waals surface area (Å²) in [6.07, 6.45) is 4.24. The first-order valence-corrected chi connectivity index (χ1v) is 13.1. The molecule has 1 saturated heterocycles. The summed E-state index contributed by atoms with van der Waals surface area (Å²) in [5.41, 5.74) is 10.5. The van der Waals surface area contributed by atoms with Crippen LogP contribution in [0.3, 0.4) is 0 Å². The molecule has 0 aliphatic carbocycles. The number of para-hydroxylation sites is 1. The average molecular weight is 481 g/mol. The largest absolute Gasteiger partial charge is 0.393 e. The molecule has 34 heavy (non-hydrogen) atoms. The quantitative estimate of drug-likeness (QED) is 0.387. The zero-order valence-corrected chi connectivity index (χ0v) is 19.6. The molecule has 0 radical (unpaired) electrons. The molecule has 1 fully saturated rings. The van der Waals surface area contributed by atoms with Gasteiger partial charge >= 0.3 is 0 Å². The van der Waals surface area contributed by atoms with Crippen molar-refractivity contribution in [2.75, 3.05) is 34.9 Å². The zero-order valence-electron chi connectivity index (χ0n) is 18.8. The third kappa shape index (κ3) is 4.27. The number of sulfone groups is 1. The molecule has 0 amide bonds. The van der Waals surface area contributed by atoms with Gasteiger partial charge in [-0.2, -0.15) is 0 Å². The van der Waals surface area contributed by atoms with E-state index in [4.69, 9.17) is 10.7 Å². The zero-order chi connectivity index (χ0) is 23.9. The van der Waals surface area contributed by atoms with Crippen molar-refractivity contribution < 1.29 is 13.5 Å². The lowest BCUT2D eigenvalue weighted by molar-refractivity contribution is 0.145. The van der Waals surface area contributed by atoms with E-state index in [0.717, 1.165) is 42.9 Å². The summed E-state index contributed by atoms with van der Waals surface area (Å²) in [7, 11) is -3.44. The first-order valence-electron chi connectivity index (χ1n) is 11.2. The molecular formula is C24H28N6O3S. The van der Waals surface area contributed by atoms with Gasteiger partial charge in [-0.15, -0.1) is 0 Å². The Balaban J connectivity index is 1.47. The highest BCUT2D eigenvalue weighted by Gasteiger charge is 2.34. The number of H-pyrrole nitrogens is 1. The van der Waals surface area contributed by atoms with Crippen molar-refractivity contribution in [1.82, 2.24) is 4.98 Å². The van der Waals surface area contributed by atoms with E-state index < -0.39 is 15.6 Å². The molecule has 5 rings (SSSR count). The fourth-order valence-corrected chi connectivity index (χ4v) is 5.28. The first-order chi connectivity index (χ1) is 16.2. The number of aliphatic imine (C=N–C) groups is 1. The molecule has 1 aromatic heterocycles. The van der Waals surface area contributed by atoms with E-state index in [2.05, 4.69) is 20.5 Å². The molecule has 0 spiro atoms. The van der Waals surface area contributed by atoms with Crippen molar-refractivity contribution in [3.05, 3.63) is 72.1 Å². The lowest BCUT2D eigenvalue weighted by Crippen LogP contribution is -2.47. The number of nitrogens with zero attached hydrogens (tertiary/aromatic N) is 2. The van der Waals surface area contributed by atoms with Crippen molar-refractivity contribution in [1.29, 1.82) is 0 Å². The van der Waals surface area contributed by atoms with Crippen LogP contribution in [0.5, 0.6) is 0 Å². The Kier molecular flexibility index (Phi) is 5.59. The molecule has 3 heterocycles. The number of hydrogen-bond donors (Lipinski definition) is 5. The smallest absolute Gasteiger partial charge is 0.211 e. The van der Waals surface area contributed by atoms with Gasteiger partial charge in [0.1, 0.15) is 5.69 Å². The number of aromatic amines is 1. The lowest BCUT2D eigenvalue weighted by atomic mass is 10.0. The maximum Gasteiger partial charge on any atom is 0.211 e. The molecule has 2 aliphatic rings. The van der Waals surface area contributed by atoms with E-state index in [9.17, 15) is 13.5 Å². The lowest BCUT2D eigenvalue weighted by Gasteiger charge is -2.34. The number of aromatic nitrogens is 1. The molecule has 1 unspecified atom stereocenters.